The molecule has 0 radical (unpaired) electrons. The summed E-state index contributed by atoms with van der Waals surface area (Å²) in [6, 6.07) is 6.87. The second-order valence-corrected chi connectivity index (χ2v) is 4.21. The molecular formula is C13H18O3. The highest BCUT2D eigenvalue weighted by atomic mass is 16.5. The summed E-state index contributed by atoms with van der Waals surface area (Å²) in [7, 11) is 0. The molecule has 0 heterocycles. The van der Waals surface area contributed by atoms with Crippen molar-refractivity contribution in [3.63, 3.8) is 0 Å². The van der Waals surface area contributed by atoms with Crippen LogP contribution in [-0.2, 0) is 11.4 Å². The third kappa shape index (κ3) is 4.45. The van der Waals surface area contributed by atoms with Gasteiger partial charge in [0.15, 0.2) is 0 Å². The van der Waals surface area contributed by atoms with Gasteiger partial charge in [-0.3, -0.25) is 4.79 Å². The Kier molecular flexibility index (Phi) is 4.99. The summed E-state index contributed by atoms with van der Waals surface area (Å²) in [5, 5.41) is 8.85. The van der Waals surface area contributed by atoms with Crippen LogP contribution in [0.2, 0.25) is 0 Å². The molecule has 88 valence electrons. The molecule has 1 aromatic carbocycles. The van der Waals surface area contributed by atoms with Gasteiger partial charge >= 0.3 is 5.97 Å². The minimum absolute atomic E-state index is 0.00156. The summed E-state index contributed by atoms with van der Waals surface area (Å²) in [6.07, 6.45) is 1.28. The first-order valence-electron chi connectivity index (χ1n) is 5.52. The largest absolute Gasteiger partial charge is 0.427 e. The Labute approximate surface area is 96.1 Å². The first-order chi connectivity index (χ1) is 7.61. The van der Waals surface area contributed by atoms with E-state index >= 15 is 0 Å². The summed E-state index contributed by atoms with van der Waals surface area (Å²) in [5.41, 5.74) is 0.807. The maximum atomic E-state index is 11.4. The van der Waals surface area contributed by atoms with Gasteiger partial charge in [0.05, 0.1) is 6.61 Å². The monoisotopic (exact) mass is 222 g/mol. The first kappa shape index (κ1) is 12.7. The molecule has 0 aliphatic heterocycles. The summed E-state index contributed by atoms with van der Waals surface area (Å²) in [6.45, 7) is 4.15. The molecule has 0 unspecified atom stereocenters. The van der Waals surface area contributed by atoms with Crippen molar-refractivity contribution < 1.29 is 14.6 Å². The van der Waals surface area contributed by atoms with Crippen LogP contribution < -0.4 is 4.74 Å². The molecule has 0 bridgehead atoms. The quantitative estimate of drug-likeness (QED) is 0.615. The predicted molar refractivity (Wildman–Crippen MR) is 62.1 cm³/mol. The van der Waals surface area contributed by atoms with Crippen molar-refractivity contribution in [3.05, 3.63) is 29.8 Å². The number of hydrogen-bond acceptors (Lipinski definition) is 3. The number of carbonyl (C=O) groups excluding carboxylic acids is 1. The molecule has 0 spiro atoms. The van der Waals surface area contributed by atoms with Gasteiger partial charge in [-0.15, -0.1) is 0 Å². The molecule has 16 heavy (non-hydrogen) atoms. The smallest absolute Gasteiger partial charge is 0.311 e. The molecule has 3 heteroatoms. The van der Waals surface area contributed by atoms with Crippen LogP contribution in [0, 0.1) is 5.92 Å². The van der Waals surface area contributed by atoms with Gasteiger partial charge in [0.1, 0.15) is 5.75 Å². The van der Waals surface area contributed by atoms with E-state index in [-0.39, 0.29) is 12.6 Å². The molecule has 1 aromatic rings. The molecule has 0 aromatic heterocycles. The van der Waals surface area contributed by atoms with Crippen molar-refractivity contribution in [2.24, 2.45) is 5.92 Å². The highest BCUT2D eigenvalue weighted by Crippen LogP contribution is 2.14. The van der Waals surface area contributed by atoms with Crippen LogP contribution in [0.5, 0.6) is 5.75 Å². The molecule has 0 aliphatic carbocycles. The molecule has 1 rings (SSSR count). The number of carbonyl (C=O) groups is 1. The lowest BCUT2D eigenvalue weighted by atomic mass is 10.1. The molecule has 3 nitrogen and oxygen atoms in total. The summed E-state index contributed by atoms with van der Waals surface area (Å²) in [5.74, 6) is 0.834. The minimum atomic E-state index is -0.203. The maximum absolute atomic E-state index is 11.4. The van der Waals surface area contributed by atoms with E-state index in [1.54, 1.807) is 24.3 Å². The Morgan fingerprint density at radius 2 is 1.94 bits per heavy atom. The second kappa shape index (κ2) is 6.28. The van der Waals surface area contributed by atoms with E-state index in [1.165, 1.54) is 0 Å². The fourth-order valence-corrected chi connectivity index (χ4v) is 1.25. The molecule has 0 saturated carbocycles. The fourth-order valence-electron chi connectivity index (χ4n) is 1.25. The second-order valence-electron chi connectivity index (χ2n) is 4.21. The van der Waals surface area contributed by atoms with Crippen molar-refractivity contribution >= 4 is 5.97 Å². The highest BCUT2D eigenvalue weighted by molar-refractivity contribution is 5.72. The topological polar surface area (TPSA) is 46.5 Å². The van der Waals surface area contributed by atoms with E-state index in [2.05, 4.69) is 13.8 Å². The van der Waals surface area contributed by atoms with Gasteiger partial charge in [-0.1, -0.05) is 26.0 Å². The Balaban J connectivity index is 2.43. The van der Waals surface area contributed by atoms with Crippen molar-refractivity contribution in [2.45, 2.75) is 33.3 Å². The molecule has 0 atom stereocenters. The lowest BCUT2D eigenvalue weighted by Crippen LogP contribution is -2.08. The predicted octanol–water partition coefficient (Wildman–Crippen LogP) is 2.52. The highest BCUT2D eigenvalue weighted by Gasteiger charge is 2.06. The first-order valence-corrected chi connectivity index (χ1v) is 5.52. The molecular weight excluding hydrogens is 204 g/mol. The van der Waals surface area contributed by atoms with E-state index in [0.717, 1.165) is 12.0 Å². The van der Waals surface area contributed by atoms with E-state index in [1.807, 2.05) is 0 Å². The zero-order chi connectivity index (χ0) is 12.0. The standard InChI is InChI=1S/C13H18O3/c1-10(2)3-8-13(15)16-12-6-4-11(9-14)5-7-12/h4-7,10,14H,3,8-9H2,1-2H3. The number of aliphatic hydroxyl groups excluding tert-OH is 1. The minimum Gasteiger partial charge on any atom is -0.427 e. The number of ether oxygens (including phenoxy) is 1. The van der Waals surface area contributed by atoms with E-state index in [4.69, 9.17) is 9.84 Å². The van der Waals surface area contributed by atoms with Crippen LogP contribution in [0.25, 0.3) is 0 Å². The number of hydrogen-bond donors (Lipinski definition) is 1. The van der Waals surface area contributed by atoms with Gasteiger partial charge in [-0.05, 0) is 30.0 Å². The number of benzene rings is 1. The number of aliphatic hydroxyl groups is 1. The molecule has 0 amide bonds. The summed E-state index contributed by atoms with van der Waals surface area (Å²) in [4.78, 5) is 11.4. The Bertz CT molecular complexity index is 328. The van der Waals surface area contributed by atoms with Crippen LogP contribution in [0.1, 0.15) is 32.3 Å². The van der Waals surface area contributed by atoms with Gasteiger partial charge < -0.3 is 9.84 Å². The van der Waals surface area contributed by atoms with Gasteiger partial charge in [-0.25, -0.2) is 0 Å². The summed E-state index contributed by atoms with van der Waals surface area (Å²) >= 11 is 0. The Morgan fingerprint density at radius 3 is 2.44 bits per heavy atom. The van der Waals surface area contributed by atoms with Crippen LogP contribution in [0.4, 0.5) is 0 Å². The average Bonchev–Trinajstić information content (AvgIpc) is 2.27. The lowest BCUT2D eigenvalue weighted by Gasteiger charge is -2.06. The van der Waals surface area contributed by atoms with Crippen molar-refractivity contribution in [2.75, 3.05) is 0 Å². The third-order valence-corrected chi connectivity index (χ3v) is 2.26. The Morgan fingerprint density at radius 1 is 1.31 bits per heavy atom. The maximum Gasteiger partial charge on any atom is 0.311 e. The normalized spacial score (nSPS) is 10.5. The molecule has 1 N–H and O–H groups in total. The SMILES string of the molecule is CC(C)CCC(=O)Oc1ccc(CO)cc1. The van der Waals surface area contributed by atoms with Gasteiger partial charge in [0.2, 0.25) is 0 Å². The average molecular weight is 222 g/mol. The molecule has 0 saturated heterocycles. The van der Waals surface area contributed by atoms with Crippen molar-refractivity contribution in [3.8, 4) is 5.75 Å². The lowest BCUT2D eigenvalue weighted by molar-refractivity contribution is -0.134. The fraction of sp³-hybridized carbons (Fsp3) is 0.462. The third-order valence-electron chi connectivity index (χ3n) is 2.26. The van der Waals surface area contributed by atoms with Gasteiger partial charge in [0, 0.05) is 6.42 Å². The number of rotatable bonds is 5. The molecule has 0 fully saturated rings. The van der Waals surface area contributed by atoms with E-state index in [0.29, 0.717) is 18.1 Å². The van der Waals surface area contributed by atoms with Crippen molar-refractivity contribution in [1.29, 1.82) is 0 Å². The van der Waals surface area contributed by atoms with E-state index in [9.17, 15) is 4.79 Å². The van der Waals surface area contributed by atoms with Crippen LogP contribution in [0.3, 0.4) is 0 Å². The van der Waals surface area contributed by atoms with Crippen LogP contribution in [-0.4, -0.2) is 11.1 Å². The zero-order valence-electron chi connectivity index (χ0n) is 9.77. The summed E-state index contributed by atoms with van der Waals surface area (Å²) < 4.78 is 5.14. The number of esters is 1. The van der Waals surface area contributed by atoms with Crippen molar-refractivity contribution in [1.82, 2.24) is 0 Å². The van der Waals surface area contributed by atoms with Crippen LogP contribution in [0.15, 0.2) is 24.3 Å². The molecule has 0 aliphatic rings. The van der Waals surface area contributed by atoms with E-state index < -0.39 is 0 Å². The Hall–Kier alpha value is -1.35. The van der Waals surface area contributed by atoms with Gasteiger partial charge in [0.25, 0.3) is 0 Å². The van der Waals surface area contributed by atoms with Gasteiger partial charge in [-0.2, -0.15) is 0 Å². The zero-order valence-corrected chi connectivity index (χ0v) is 9.77. The van der Waals surface area contributed by atoms with Crippen LogP contribution >= 0.6 is 0 Å².